The molecule has 1 N–H and O–H groups in total. The second kappa shape index (κ2) is 4.87. The molecule has 1 aromatic rings. The minimum absolute atomic E-state index is 0.00528. The van der Waals surface area contributed by atoms with Gasteiger partial charge in [0.15, 0.2) is 0 Å². The zero-order valence-corrected chi connectivity index (χ0v) is 7.78. The van der Waals surface area contributed by atoms with Gasteiger partial charge in [0.2, 0.25) is 0 Å². The highest BCUT2D eigenvalue weighted by molar-refractivity contribution is 5.97. The minimum atomic E-state index is -0.593. The first-order valence-corrected chi connectivity index (χ1v) is 4.20. The van der Waals surface area contributed by atoms with E-state index in [1.54, 1.807) is 31.3 Å². The van der Waals surface area contributed by atoms with Crippen molar-refractivity contribution in [2.45, 2.75) is 6.92 Å². The lowest BCUT2D eigenvalue weighted by Crippen LogP contribution is -2.05. The number of nitrogens with one attached hydrogen (secondary N) is 1. The Morgan fingerprint density at radius 2 is 2.57 bits per heavy atom. The molecule has 1 heterocycles. The van der Waals surface area contributed by atoms with Gasteiger partial charge in [-0.2, -0.15) is 5.26 Å². The fourth-order valence-corrected chi connectivity index (χ4v) is 0.935. The van der Waals surface area contributed by atoms with Crippen LogP contribution in [0.2, 0.25) is 0 Å². The molecule has 0 unspecified atom stereocenters. The smallest absolute Gasteiger partial charge is 0.348 e. The maximum absolute atomic E-state index is 11.2. The lowest BCUT2D eigenvalue weighted by atomic mass is 10.2. The molecule has 0 radical (unpaired) electrons. The predicted octanol–water partition coefficient (Wildman–Crippen LogP) is 1.48. The summed E-state index contributed by atoms with van der Waals surface area (Å²) in [6.45, 7) is 1.96. The molecule has 0 bridgehead atoms. The summed E-state index contributed by atoms with van der Waals surface area (Å²) in [6.07, 6.45) is 3.17. The van der Waals surface area contributed by atoms with E-state index in [0.29, 0.717) is 5.69 Å². The van der Waals surface area contributed by atoms with Gasteiger partial charge in [-0.3, -0.25) is 0 Å². The van der Waals surface area contributed by atoms with Crippen LogP contribution in [0.15, 0.2) is 23.9 Å². The van der Waals surface area contributed by atoms with Crippen LogP contribution in [0.1, 0.15) is 12.6 Å². The highest BCUT2D eigenvalue weighted by atomic mass is 16.5. The largest absolute Gasteiger partial charge is 0.462 e. The van der Waals surface area contributed by atoms with Gasteiger partial charge in [-0.05, 0) is 25.1 Å². The van der Waals surface area contributed by atoms with Crippen LogP contribution in [-0.4, -0.2) is 17.6 Å². The van der Waals surface area contributed by atoms with Gasteiger partial charge in [-0.1, -0.05) is 0 Å². The molecule has 0 aromatic carbocycles. The number of rotatable bonds is 3. The lowest BCUT2D eigenvalue weighted by molar-refractivity contribution is -0.137. The summed E-state index contributed by atoms with van der Waals surface area (Å²) in [4.78, 5) is 14.0. The summed E-state index contributed by atoms with van der Waals surface area (Å²) in [5.41, 5.74) is 0.698. The summed E-state index contributed by atoms with van der Waals surface area (Å²) < 4.78 is 4.70. The third-order valence-corrected chi connectivity index (χ3v) is 1.54. The molecule has 0 fully saturated rings. The molecule has 4 nitrogen and oxygen atoms in total. The highest BCUT2D eigenvalue weighted by Crippen LogP contribution is 2.05. The zero-order valence-electron chi connectivity index (χ0n) is 7.78. The van der Waals surface area contributed by atoms with E-state index in [1.807, 2.05) is 0 Å². The van der Waals surface area contributed by atoms with E-state index in [-0.39, 0.29) is 12.2 Å². The van der Waals surface area contributed by atoms with Gasteiger partial charge >= 0.3 is 5.97 Å². The van der Waals surface area contributed by atoms with Crippen molar-refractivity contribution in [3.8, 4) is 6.07 Å². The molecule has 4 heteroatoms. The Morgan fingerprint density at radius 1 is 1.79 bits per heavy atom. The van der Waals surface area contributed by atoms with Crippen LogP contribution in [-0.2, 0) is 9.53 Å². The summed E-state index contributed by atoms with van der Waals surface area (Å²) in [5.74, 6) is -0.593. The van der Waals surface area contributed by atoms with Gasteiger partial charge < -0.3 is 9.72 Å². The Balaban J connectivity index is 2.83. The average molecular weight is 190 g/mol. The molecule has 0 aliphatic heterocycles. The average Bonchev–Trinajstić information content (AvgIpc) is 2.66. The van der Waals surface area contributed by atoms with E-state index in [1.165, 1.54) is 6.08 Å². The quantitative estimate of drug-likeness (QED) is 0.446. The number of hydrogen-bond donors (Lipinski definition) is 1. The number of nitriles is 1. The Hall–Kier alpha value is -2.02. The third-order valence-electron chi connectivity index (χ3n) is 1.54. The van der Waals surface area contributed by atoms with E-state index < -0.39 is 5.97 Å². The number of hydrogen-bond acceptors (Lipinski definition) is 3. The molecule has 0 amide bonds. The number of H-pyrrole nitrogens is 1. The molecule has 0 saturated carbocycles. The SMILES string of the molecule is CCOC(=O)/C(C#N)=C/c1ccc[nH]1. The fraction of sp³-hybridized carbons (Fsp3) is 0.200. The van der Waals surface area contributed by atoms with Crippen molar-refractivity contribution >= 4 is 12.0 Å². The Bertz CT molecular complexity index is 371. The Labute approximate surface area is 81.8 Å². The highest BCUT2D eigenvalue weighted by Gasteiger charge is 2.09. The second-order valence-corrected chi connectivity index (χ2v) is 2.52. The minimum Gasteiger partial charge on any atom is -0.462 e. The van der Waals surface area contributed by atoms with E-state index in [2.05, 4.69) is 4.98 Å². The molecular formula is C10H10N2O2. The topological polar surface area (TPSA) is 65.9 Å². The van der Waals surface area contributed by atoms with Crippen LogP contribution < -0.4 is 0 Å². The van der Waals surface area contributed by atoms with Gasteiger partial charge in [0.1, 0.15) is 11.6 Å². The first-order valence-electron chi connectivity index (χ1n) is 4.20. The number of ether oxygens (including phenoxy) is 1. The van der Waals surface area contributed by atoms with Crippen LogP contribution in [0.5, 0.6) is 0 Å². The molecule has 0 saturated heterocycles. The van der Waals surface area contributed by atoms with E-state index >= 15 is 0 Å². The van der Waals surface area contributed by atoms with Crippen molar-refractivity contribution in [3.05, 3.63) is 29.6 Å². The fourth-order valence-electron chi connectivity index (χ4n) is 0.935. The van der Waals surface area contributed by atoms with Gasteiger partial charge in [0, 0.05) is 11.9 Å². The molecule has 72 valence electrons. The number of nitrogens with zero attached hydrogens (tertiary/aromatic N) is 1. The van der Waals surface area contributed by atoms with E-state index in [0.717, 1.165) is 0 Å². The third kappa shape index (κ3) is 2.49. The number of carbonyl (C=O) groups is 1. The van der Waals surface area contributed by atoms with Crippen molar-refractivity contribution < 1.29 is 9.53 Å². The van der Waals surface area contributed by atoms with Crippen molar-refractivity contribution in [1.29, 1.82) is 5.26 Å². The first kappa shape index (κ1) is 10.1. The summed E-state index contributed by atoms with van der Waals surface area (Å²) in [7, 11) is 0. The lowest BCUT2D eigenvalue weighted by Gasteiger charge is -1.98. The molecule has 1 rings (SSSR count). The van der Waals surface area contributed by atoms with Gasteiger partial charge in [0.05, 0.1) is 6.61 Å². The van der Waals surface area contributed by atoms with E-state index in [4.69, 9.17) is 10.00 Å². The van der Waals surface area contributed by atoms with Gasteiger partial charge in [-0.15, -0.1) is 0 Å². The molecule has 0 atom stereocenters. The van der Waals surface area contributed by atoms with E-state index in [9.17, 15) is 4.79 Å². The molecule has 14 heavy (non-hydrogen) atoms. The van der Waals surface area contributed by atoms with Gasteiger partial charge in [0.25, 0.3) is 0 Å². The number of esters is 1. The standard InChI is InChI=1S/C10H10N2O2/c1-2-14-10(13)8(7-11)6-9-4-3-5-12-9/h3-6,12H,2H2,1H3/b8-6+. The number of aromatic amines is 1. The van der Waals surface area contributed by atoms with Crippen molar-refractivity contribution in [3.63, 3.8) is 0 Å². The number of aromatic nitrogens is 1. The summed E-state index contributed by atoms with van der Waals surface area (Å²) >= 11 is 0. The Morgan fingerprint density at radius 3 is 3.07 bits per heavy atom. The van der Waals surface area contributed by atoms with Crippen molar-refractivity contribution in [1.82, 2.24) is 4.98 Å². The molecule has 0 aliphatic carbocycles. The molecule has 0 aliphatic rings. The van der Waals surface area contributed by atoms with Crippen molar-refractivity contribution in [2.75, 3.05) is 6.61 Å². The zero-order chi connectivity index (χ0) is 10.4. The predicted molar refractivity (Wildman–Crippen MR) is 51.0 cm³/mol. The van der Waals surface area contributed by atoms with Crippen LogP contribution in [0.25, 0.3) is 6.08 Å². The summed E-state index contributed by atoms with van der Waals surface area (Å²) in [5, 5.41) is 8.69. The van der Waals surface area contributed by atoms with Crippen LogP contribution in [0.4, 0.5) is 0 Å². The summed E-state index contributed by atoms with van der Waals surface area (Å²) in [6, 6.07) is 5.34. The second-order valence-electron chi connectivity index (χ2n) is 2.52. The van der Waals surface area contributed by atoms with Crippen LogP contribution >= 0.6 is 0 Å². The molecule has 0 spiro atoms. The first-order chi connectivity index (χ1) is 6.77. The number of carbonyl (C=O) groups excluding carboxylic acids is 1. The van der Waals surface area contributed by atoms with Crippen LogP contribution in [0.3, 0.4) is 0 Å². The maximum Gasteiger partial charge on any atom is 0.348 e. The Kier molecular flexibility index (Phi) is 3.50. The van der Waals surface area contributed by atoms with Crippen LogP contribution in [0, 0.1) is 11.3 Å². The maximum atomic E-state index is 11.2. The van der Waals surface area contributed by atoms with Crippen molar-refractivity contribution in [2.24, 2.45) is 0 Å². The monoisotopic (exact) mass is 190 g/mol. The normalized spacial score (nSPS) is 10.7. The van der Waals surface area contributed by atoms with Gasteiger partial charge in [-0.25, -0.2) is 4.79 Å². The molecule has 1 aromatic heterocycles. The molecular weight excluding hydrogens is 180 g/mol.